The maximum absolute atomic E-state index is 3.78. The van der Waals surface area contributed by atoms with Crippen LogP contribution >= 0.6 is 11.8 Å². The van der Waals surface area contributed by atoms with Crippen molar-refractivity contribution in [3.63, 3.8) is 0 Å². The van der Waals surface area contributed by atoms with E-state index in [1.165, 1.54) is 29.1 Å². The van der Waals surface area contributed by atoms with Gasteiger partial charge in [0, 0.05) is 22.7 Å². The van der Waals surface area contributed by atoms with Gasteiger partial charge in [-0.3, -0.25) is 0 Å². The average molecular weight is 219 g/mol. The third-order valence-electron chi connectivity index (χ3n) is 3.49. The normalized spacial score (nSPS) is 26.3. The second kappa shape index (κ2) is 3.84. The summed E-state index contributed by atoms with van der Waals surface area (Å²) in [5.41, 5.74) is 1.51. The van der Waals surface area contributed by atoms with Crippen molar-refractivity contribution in [1.29, 1.82) is 0 Å². The van der Waals surface area contributed by atoms with E-state index in [0.717, 1.165) is 5.92 Å². The first-order chi connectivity index (χ1) is 7.34. The van der Waals surface area contributed by atoms with Crippen molar-refractivity contribution in [2.24, 2.45) is 5.92 Å². The molecular weight excluding hydrogens is 202 g/mol. The maximum Gasteiger partial charge on any atom is 0.0428 e. The van der Waals surface area contributed by atoms with Crippen LogP contribution in [0.4, 0.5) is 0 Å². The fourth-order valence-electron chi connectivity index (χ4n) is 2.35. The highest BCUT2D eigenvalue weighted by Crippen LogP contribution is 2.40. The molecule has 0 radical (unpaired) electrons. The predicted octanol–water partition coefficient (Wildman–Crippen LogP) is 3.22. The summed E-state index contributed by atoms with van der Waals surface area (Å²) in [4.78, 5) is 1.47. The summed E-state index contributed by atoms with van der Waals surface area (Å²) in [7, 11) is 0. The van der Waals surface area contributed by atoms with Crippen molar-refractivity contribution in [3.8, 4) is 0 Å². The van der Waals surface area contributed by atoms with Crippen LogP contribution in [0.3, 0.4) is 0 Å². The lowest BCUT2D eigenvalue weighted by atomic mass is 10.1. The molecule has 1 heterocycles. The van der Waals surface area contributed by atoms with Crippen molar-refractivity contribution in [3.05, 3.63) is 29.8 Å². The summed E-state index contributed by atoms with van der Waals surface area (Å²) in [6, 6.07) is 10.1. The van der Waals surface area contributed by atoms with Crippen molar-refractivity contribution in [2.75, 3.05) is 5.75 Å². The summed E-state index contributed by atoms with van der Waals surface area (Å²) >= 11 is 1.99. The van der Waals surface area contributed by atoms with Gasteiger partial charge in [-0.15, -0.1) is 11.8 Å². The zero-order chi connectivity index (χ0) is 10.3. The number of nitrogens with one attached hydrogen (secondary N) is 1. The minimum atomic E-state index is 0.585. The first kappa shape index (κ1) is 9.73. The molecule has 1 aromatic carbocycles. The molecular formula is C13H17NS. The van der Waals surface area contributed by atoms with Gasteiger partial charge in [-0.1, -0.05) is 18.2 Å². The molecule has 2 heteroatoms. The first-order valence-electron chi connectivity index (χ1n) is 5.82. The van der Waals surface area contributed by atoms with Crippen molar-refractivity contribution < 1.29 is 0 Å². The van der Waals surface area contributed by atoms with Crippen LogP contribution in [0.15, 0.2) is 29.2 Å². The SMILES string of the molecule is CC(NC1CSc2ccccc21)C1CC1. The van der Waals surface area contributed by atoms with Gasteiger partial charge in [0.25, 0.3) is 0 Å². The fraction of sp³-hybridized carbons (Fsp3) is 0.538. The van der Waals surface area contributed by atoms with Gasteiger partial charge in [-0.25, -0.2) is 0 Å². The van der Waals surface area contributed by atoms with Crippen LogP contribution in [0, 0.1) is 5.92 Å². The Balaban J connectivity index is 1.73. The summed E-state index contributed by atoms with van der Waals surface area (Å²) in [5.74, 6) is 2.15. The van der Waals surface area contributed by atoms with E-state index in [1.807, 2.05) is 11.8 Å². The molecule has 1 fully saturated rings. The molecule has 1 N–H and O–H groups in total. The van der Waals surface area contributed by atoms with Crippen molar-refractivity contribution in [2.45, 2.75) is 36.7 Å². The van der Waals surface area contributed by atoms with E-state index >= 15 is 0 Å². The van der Waals surface area contributed by atoms with Crippen molar-refractivity contribution in [1.82, 2.24) is 5.32 Å². The van der Waals surface area contributed by atoms with Gasteiger partial charge in [0.1, 0.15) is 0 Å². The second-order valence-corrected chi connectivity index (χ2v) is 5.76. The fourth-order valence-corrected chi connectivity index (χ4v) is 3.52. The summed E-state index contributed by atoms with van der Waals surface area (Å²) in [6.45, 7) is 2.34. The molecule has 1 saturated carbocycles. The number of thioether (sulfide) groups is 1. The van der Waals surface area contributed by atoms with Gasteiger partial charge < -0.3 is 5.32 Å². The van der Waals surface area contributed by atoms with Crippen LogP contribution in [-0.4, -0.2) is 11.8 Å². The Morgan fingerprint density at radius 3 is 2.93 bits per heavy atom. The Morgan fingerprint density at radius 2 is 2.13 bits per heavy atom. The van der Waals surface area contributed by atoms with E-state index in [-0.39, 0.29) is 0 Å². The minimum absolute atomic E-state index is 0.585. The van der Waals surface area contributed by atoms with Gasteiger partial charge in [0.15, 0.2) is 0 Å². The van der Waals surface area contributed by atoms with Crippen LogP contribution < -0.4 is 5.32 Å². The topological polar surface area (TPSA) is 12.0 Å². The monoisotopic (exact) mass is 219 g/mol. The first-order valence-corrected chi connectivity index (χ1v) is 6.81. The highest BCUT2D eigenvalue weighted by molar-refractivity contribution is 7.99. The van der Waals surface area contributed by atoms with Crippen LogP contribution in [0.5, 0.6) is 0 Å². The molecule has 1 aliphatic carbocycles. The largest absolute Gasteiger partial charge is 0.306 e. The second-order valence-electron chi connectivity index (χ2n) is 4.69. The Bertz CT molecular complexity index is 359. The molecule has 1 aliphatic heterocycles. The lowest BCUT2D eigenvalue weighted by Gasteiger charge is -2.19. The molecule has 1 aromatic rings. The van der Waals surface area contributed by atoms with Crippen LogP contribution in [0.2, 0.25) is 0 Å². The van der Waals surface area contributed by atoms with E-state index in [0.29, 0.717) is 12.1 Å². The van der Waals surface area contributed by atoms with E-state index in [4.69, 9.17) is 0 Å². The molecule has 0 saturated heterocycles. The Labute approximate surface area is 95.6 Å². The number of fused-ring (bicyclic) bond motifs is 1. The standard InChI is InChI=1S/C13H17NS/c1-9(10-6-7-10)14-12-8-15-13-5-3-2-4-11(12)13/h2-5,9-10,12,14H,6-8H2,1H3. The molecule has 1 nitrogen and oxygen atoms in total. The molecule has 3 rings (SSSR count). The van der Waals surface area contributed by atoms with E-state index in [2.05, 4.69) is 36.5 Å². The van der Waals surface area contributed by atoms with Gasteiger partial charge in [0.2, 0.25) is 0 Å². The number of rotatable bonds is 3. The molecule has 2 unspecified atom stereocenters. The van der Waals surface area contributed by atoms with Crippen LogP contribution in [0.1, 0.15) is 31.4 Å². The molecule has 15 heavy (non-hydrogen) atoms. The highest BCUT2D eigenvalue weighted by atomic mass is 32.2. The lowest BCUT2D eigenvalue weighted by Crippen LogP contribution is -2.32. The van der Waals surface area contributed by atoms with Gasteiger partial charge in [-0.05, 0) is 37.3 Å². The quantitative estimate of drug-likeness (QED) is 0.837. The maximum atomic E-state index is 3.78. The lowest BCUT2D eigenvalue weighted by molar-refractivity contribution is 0.446. The summed E-state index contributed by atoms with van der Waals surface area (Å²) in [6.07, 6.45) is 2.85. The number of benzene rings is 1. The van der Waals surface area contributed by atoms with E-state index < -0.39 is 0 Å². The van der Waals surface area contributed by atoms with Crippen LogP contribution in [-0.2, 0) is 0 Å². The molecule has 80 valence electrons. The zero-order valence-corrected chi connectivity index (χ0v) is 9.89. The van der Waals surface area contributed by atoms with Gasteiger partial charge in [-0.2, -0.15) is 0 Å². The van der Waals surface area contributed by atoms with Crippen LogP contribution in [0.25, 0.3) is 0 Å². The van der Waals surface area contributed by atoms with Crippen molar-refractivity contribution >= 4 is 11.8 Å². The number of hydrogen-bond donors (Lipinski definition) is 1. The number of hydrogen-bond acceptors (Lipinski definition) is 2. The molecule has 0 amide bonds. The zero-order valence-electron chi connectivity index (χ0n) is 9.07. The summed E-state index contributed by atoms with van der Waals surface area (Å²) < 4.78 is 0. The Morgan fingerprint density at radius 1 is 1.33 bits per heavy atom. The van der Waals surface area contributed by atoms with E-state index in [9.17, 15) is 0 Å². The highest BCUT2D eigenvalue weighted by Gasteiger charge is 2.31. The van der Waals surface area contributed by atoms with Gasteiger partial charge in [0.05, 0.1) is 0 Å². The Hall–Kier alpha value is -0.470. The third-order valence-corrected chi connectivity index (χ3v) is 4.68. The van der Waals surface area contributed by atoms with E-state index in [1.54, 1.807) is 0 Å². The average Bonchev–Trinajstić information content (AvgIpc) is 3.03. The Kier molecular flexibility index (Phi) is 2.49. The molecule has 2 atom stereocenters. The third kappa shape index (κ3) is 1.93. The molecule has 2 aliphatic rings. The van der Waals surface area contributed by atoms with Gasteiger partial charge >= 0.3 is 0 Å². The smallest absolute Gasteiger partial charge is 0.0428 e. The molecule has 0 spiro atoms. The molecule has 0 aromatic heterocycles. The predicted molar refractivity (Wildman–Crippen MR) is 65.2 cm³/mol. The summed E-state index contributed by atoms with van der Waals surface area (Å²) in [5, 5.41) is 3.78. The minimum Gasteiger partial charge on any atom is -0.306 e. The molecule has 0 bridgehead atoms.